The van der Waals surface area contributed by atoms with Gasteiger partial charge in [0.2, 0.25) is 0 Å². The molecule has 8 nitrogen and oxygen atoms in total. The van der Waals surface area contributed by atoms with Crippen LogP contribution in [-0.4, -0.2) is 31.6 Å². The molecule has 9 heteroatoms. The maximum atomic E-state index is 13.6. The number of benzene rings is 3. The van der Waals surface area contributed by atoms with Crippen LogP contribution in [0.1, 0.15) is 23.6 Å². The van der Waals surface area contributed by atoms with Gasteiger partial charge >= 0.3 is 6.03 Å². The molecule has 0 radical (unpaired) electrons. The number of carbonyl (C=O) groups excluding carboxylic acids is 3. The summed E-state index contributed by atoms with van der Waals surface area (Å²) in [6.45, 7) is 6.20. The zero-order chi connectivity index (χ0) is 27.9. The standard InChI is InChI=1S/C30H27FN2O6/c1-4-7-21-14-20(17-26(37-3)27(21)39-18-19-8-6-9-22(31)15-19)16-25-28(34)32-30(36)33(29(25)35)23-10-12-24(13-11-23)38-5-2/h4,6,8-17H,1,5,7,18H2,2-3H3,(H,32,34,36)/b25-16+. The summed E-state index contributed by atoms with van der Waals surface area (Å²) in [6, 6.07) is 14.9. The number of halogens is 1. The van der Waals surface area contributed by atoms with E-state index in [0.717, 1.165) is 4.90 Å². The summed E-state index contributed by atoms with van der Waals surface area (Å²) in [6.07, 6.45) is 3.45. The number of barbiturate groups is 1. The predicted octanol–water partition coefficient (Wildman–Crippen LogP) is 5.21. The Morgan fingerprint density at radius 2 is 1.79 bits per heavy atom. The molecule has 1 N–H and O–H groups in total. The quantitative estimate of drug-likeness (QED) is 0.220. The van der Waals surface area contributed by atoms with E-state index in [1.54, 1.807) is 54.6 Å². The van der Waals surface area contributed by atoms with Gasteiger partial charge in [0.25, 0.3) is 11.8 Å². The first-order valence-electron chi connectivity index (χ1n) is 12.2. The van der Waals surface area contributed by atoms with Crippen LogP contribution in [0.5, 0.6) is 17.2 Å². The average molecular weight is 531 g/mol. The van der Waals surface area contributed by atoms with Crippen molar-refractivity contribution in [2.45, 2.75) is 20.0 Å². The number of anilines is 1. The van der Waals surface area contributed by atoms with Crippen molar-refractivity contribution in [2.24, 2.45) is 0 Å². The molecular weight excluding hydrogens is 503 g/mol. The zero-order valence-corrected chi connectivity index (χ0v) is 21.5. The number of ether oxygens (including phenoxy) is 3. The van der Waals surface area contributed by atoms with Crippen molar-refractivity contribution >= 4 is 29.6 Å². The van der Waals surface area contributed by atoms with Gasteiger partial charge in [-0.3, -0.25) is 14.9 Å². The fourth-order valence-electron chi connectivity index (χ4n) is 4.09. The molecule has 1 aliphatic rings. The van der Waals surface area contributed by atoms with Gasteiger partial charge < -0.3 is 14.2 Å². The van der Waals surface area contributed by atoms with Gasteiger partial charge in [-0.15, -0.1) is 6.58 Å². The lowest BCUT2D eigenvalue weighted by Gasteiger charge is -2.26. The van der Waals surface area contributed by atoms with Gasteiger partial charge in [-0.2, -0.15) is 0 Å². The van der Waals surface area contributed by atoms with E-state index in [0.29, 0.717) is 47.0 Å². The van der Waals surface area contributed by atoms with Gasteiger partial charge in [-0.05, 0) is 79.1 Å². The number of nitrogens with one attached hydrogen (secondary N) is 1. The Bertz CT molecular complexity index is 1450. The van der Waals surface area contributed by atoms with Crippen molar-refractivity contribution in [3.05, 3.63) is 101 Å². The molecule has 1 saturated heterocycles. The van der Waals surface area contributed by atoms with Crippen molar-refractivity contribution in [1.29, 1.82) is 0 Å². The second-order valence-electron chi connectivity index (χ2n) is 8.51. The maximum Gasteiger partial charge on any atom is 0.335 e. The second kappa shape index (κ2) is 12.1. The van der Waals surface area contributed by atoms with Gasteiger partial charge in [0.15, 0.2) is 11.5 Å². The molecule has 200 valence electrons. The van der Waals surface area contributed by atoms with Gasteiger partial charge in [0, 0.05) is 5.56 Å². The largest absolute Gasteiger partial charge is 0.494 e. The monoisotopic (exact) mass is 530 g/mol. The van der Waals surface area contributed by atoms with E-state index in [1.807, 2.05) is 6.92 Å². The molecule has 0 unspecified atom stereocenters. The molecule has 1 aliphatic heterocycles. The molecule has 4 rings (SSSR count). The molecule has 0 aromatic heterocycles. The molecule has 0 aliphatic carbocycles. The van der Waals surface area contributed by atoms with Crippen LogP contribution >= 0.6 is 0 Å². The Morgan fingerprint density at radius 3 is 2.46 bits per heavy atom. The van der Waals surface area contributed by atoms with Crippen LogP contribution in [0, 0.1) is 5.82 Å². The highest BCUT2D eigenvalue weighted by Crippen LogP contribution is 2.35. The summed E-state index contributed by atoms with van der Waals surface area (Å²) in [5.74, 6) is -0.606. The Labute approximate surface area is 225 Å². The topological polar surface area (TPSA) is 94.2 Å². The molecule has 4 amide bonds. The third-order valence-electron chi connectivity index (χ3n) is 5.83. The Balaban J connectivity index is 1.67. The van der Waals surface area contributed by atoms with Crippen molar-refractivity contribution in [2.75, 3.05) is 18.6 Å². The highest BCUT2D eigenvalue weighted by Gasteiger charge is 2.37. The first kappa shape index (κ1) is 27.1. The summed E-state index contributed by atoms with van der Waals surface area (Å²) < 4.78 is 30.5. The lowest BCUT2D eigenvalue weighted by molar-refractivity contribution is -0.122. The molecule has 0 atom stereocenters. The number of allylic oxidation sites excluding steroid dienone is 1. The minimum atomic E-state index is -0.850. The summed E-state index contributed by atoms with van der Waals surface area (Å²) in [4.78, 5) is 39.5. The number of urea groups is 1. The highest BCUT2D eigenvalue weighted by molar-refractivity contribution is 6.39. The zero-order valence-electron chi connectivity index (χ0n) is 21.5. The number of rotatable bonds is 10. The minimum absolute atomic E-state index is 0.0960. The fourth-order valence-corrected chi connectivity index (χ4v) is 4.09. The van der Waals surface area contributed by atoms with E-state index in [4.69, 9.17) is 14.2 Å². The van der Waals surface area contributed by atoms with Gasteiger partial charge in [0.05, 0.1) is 19.4 Å². The summed E-state index contributed by atoms with van der Waals surface area (Å²) in [7, 11) is 1.46. The molecule has 3 aromatic carbocycles. The lowest BCUT2D eigenvalue weighted by Crippen LogP contribution is -2.54. The molecule has 0 bridgehead atoms. The van der Waals surface area contributed by atoms with Gasteiger partial charge in [0.1, 0.15) is 23.7 Å². The van der Waals surface area contributed by atoms with Crippen LogP contribution in [0.25, 0.3) is 6.08 Å². The molecule has 0 saturated carbocycles. The SMILES string of the molecule is C=CCc1cc(/C=C2\C(=O)NC(=O)N(c3ccc(OCC)cc3)C2=O)cc(OC)c1OCc1cccc(F)c1. The van der Waals surface area contributed by atoms with E-state index >= 15 is 0 Å². The predicted molar refractivity (Wildman–Crippen MR) is 144 cm³/mol. The number of hydrogen-bond acceptors (Lipinski definition) is 6. The van der Waals surface area contributed by atoms with Gasteiger partial charge in [-0.1, -0.05) is 18.2 Å². The van der Waals surface area contributed by atoms with E-state index in [2.05, 4.69) is 11.9 Å². The van der Waals surface area contributed by atoms with Crippen molar-refractivity contribution in [3.8, 4) is 17.2 Å². The summed E-state index contributed by atoms with van der Waals surface area (Å²) in [5, 5.41) is 2.22. The second-order valence-corrected chi connectivity index (χ2v) is 8.51. The Hall–Kier alpha value is -4.92. The van der Waals surface area contributed by atoms with Crippen LogP contribution in [0.3, 0.4) is 0 Å². The number of carbonyl (C=O) groups is 3. The van der Waals surface area contributed by atoms with Crippen LogP contribution < -0.4 is 24.4 Å². The van der Waals surface area contributed by atoms with Crippen LogP contribution in [0.15, 0.2) is 78.9 Å². The van der Waals surface area contributed by atoms with Crippen molar-refractivity contribution in [1.82, 2.24) is 5.32 Å². The van der Waals surface area contributed by atoms with Crippen molar-refractivity contribution in [3.63, 3.8) is 0 Å². The summed E-state index contributed by atoms with van der Waals surface area (Å²) >= 11 is 0. The molecule has 1 heterocycles. The van der Waals surface area contributed by atoms with Crippen LogP contribution in [0.2, 0.25) is 0 Å². The smallest absolute Gasteiger partial charge is 0.335 e. The molecule has 39 heavy (non-hydrogen) atoms. The highest BCUT2D eigenvalue weighted by atomic mass is 19.1. The summed E-state index contributed by atoms with van der Waals surface area (Å²) in [5.41, 5.74) is 1.84. The van der Waals surface area contributed by atoms with Crippen LogP contribution in [0.4, 0.5) is 14.9 Å². The number of nitrogens with zero attached hydrogens (tertiary/aromatic N) is 1. The fraction of sp³-hybridized carbons (Fsp3) is 0.167. The first-order chi connectivity index (χ1) is 18.8. The van der Waals surface area contributed by atoms with E-state index < -0.39 is 17.8 Å². The number of amides is 4. The van der Waals surface area contributed by atoms with E-state index in [1.165, 1.54) is 25.3 Å². The normalized spacial score (nSPS) is 14.3. The van der Waals surface area contributed by atoms with E-state index in [-0.39, 0.29) is 23.7 Å². The number of imide groups is 2. The van der Waals surface area contributed by atoms with Gasteiger partial charge in [-0.25, -0.2) is 14.1 Å². The molecule has 1 fully saturated rings. The molecular formula is C30H27FN2O6. The Kier molecular flexibility index (Phi) is 8.40. The number of hydrogen-bond donors (Lipinski definition) is 1. The molecule has 0 spiro atoms. The third kappa shape index (κ3) is 6.15. The maximum absolute atomic E-state index is 13.6. The van der Waals surface area contributed by atoms with Crippen LogP contribution in [-0.2, 0) is 22.6 Å². The number of methoxy groups -OCH3 is 1. The third-order valence-corrected chi connectivity index (χ3v) is 5.83. The lowest BCUT2D eigenvalue weighted by atomic mass is 10.0. The minimum Gasteiger partial charge on any atom is -0.494 e. The molecule has 3 aromatic rings. The Morgan fingerprint density at radius 1 is 1.03 bits per heavy atom. The van der Waals surface area contributed by atoms with E-state index in [9.17, 15) is 18.8 Å². The average Bonchev–Trinajstić information content (AvgIpc) is 2.91. The first-order valence-corrected chi connectivity index (χ1v) is 12.2. The van der Waals surface area contributed by atoms with Crippen molar-refractivity contribution < 1.29 is 33.0 Å².